The number of hydrogen-bond acceptors (Lipinski definition) is 5. The van der Waals surface area contributed by atoms with Crippen LogP contribution < -0.4 is 10.2 Å². The zero-order valence-electron chi connectivity index (χ0n) is 14.7. The van der Waals surface area contributed by atoms with E-state index in [9.17, 15) is 24.0 Å². The summed E-state index contributed by atoms with van der Waals surface area (Å²) in [5.74, 6) is -2.91. The number of hydrogen-bond donors (Lipinski definition) is 1. The number of rotatable bonds is 5. The molecule has 8 heteroatoms. The first-order chi connectivity index (χ1) is 12.9. The Morgan fingerprint density at radius 3 is 2.70 bits per heavy atom. The largest absolute Gasteiger partial charge is 0.455 e. The molecule has 2 fully saturated rings. The predicted octanol–water partition coefficient (Wildman–Crippen LogP) is 1.67. The van der Waals surface area contributed by atoms with Crippen molar-refractivity contribution in [2.45, 2.75) is 37.6 Å². The number of amides is 2. The van der Waals surface area contributed by atoms with Crippen LogP contribution in [0.4, 0.5) is 10.1 Å². The average Bonchev–Trinajstić information content (AvgIpc) is 3.27. The zero-order valence-corrected chi connectivity index (χ0v) is 14.7. The van der Waals surface area contributed by atoms with E-state index in [1.54, 1.807) is 6.07 Å². The van der Waals surface area contributed by atoms with Crippen LogP contribution >= 0.6 is 0 Å². The highest BCUT2D eigenvalue weighted by atomic mass is 19.1. The van der Waals surface area contributed by atoms with Crippen LogP contribution in [-0.2, 0) is 19.1 Å². The summed E-state index contributed by atoms with van der Waals surface area (Å²) >= 11 is 0. The fourth-order valence-corrected chi connectivity index (χ4v) is 3.57. The maximum absolute atomic E-state index is 13.9. The average molecular weight is 373 g/mol. The van der Waals surface area contributed by atoms with Crippen LogP contribution in [0.25, 0.3) is 0 Å². The van der Waals surface area contributed by atoms with Crippen molar-refractivity contribution >= 4 is 23.5 Å². The van der Waals surface area contributed by atoms with E-state index in [1.165, 1.54) is 23.1 Å². The molecular weight excluding hydrogens is 353 g/mol. The van der Waals surface area contributed by atoms with Crippen LogP contribution in [0.5, 0.6) is 0 Å². The topological polar surface area (TPSA) is 99.5 Å². The number of anilines is 1. The minimum atomic E-state index is -0.881. The van der Waals surface area contributed by atoms with Gasteiger partial charge in [0.05, 0.1) is 17.7 Å². The first-order valence-electron chi connectivity index (χ1n) is 8.88. The van der Waals surface area contributed by atoms with E-state index >= 15 is 0 Å². The minimum Gasteiger partial charge on any atom is -0.455 e. The molecule has 0 radical (unpaired) electrons. The first-order valence-corrected chi connectivity index (χ1v) is 8.88. The number of ether oxygens (including phenoxy) is 1. The molecule has 2 amide bonds. The van der Waals surface area contributed by atoms with Crippen LogP contribution in [0.2, 0.25) is 0 Å². The molecule has 0 aromatic heterocycles. The standard InChI is InChI=1S/C19H20FN3O4/c20-14-5-1-2-6-15(14)23-10-13(9-17(23)25)18(26)27-11-16(24)22-19(12-21)7-3-4-8-19/h1-2,5-6,13H,3-4,7-11H2,(H,22,24)/t13-/m1/s1. The number of esters is 1. The van der Waals surface area contributed by atoms with Gasteiger partial charge < -0.3 is 15.0 Å². The molecule has 1 atom stereocenters. The van der Waals surface area contributed by atoms with Gasteiger partial charge in [0, 0.05) is 13.0 Å². The summed E-state index contributed by atoms with van der Waals surface area (Å²) in [5.41, 5.74) is -0.762. The number of nitrogens with zero attached hydrogens (tertiary/aromatic N) is 2. The summed E-state index contributed by atoms with van der Waals surface area (Å²) in [5, 5.41) is 11.9. The Balaban J connectivity index is 1.53. The second-order valence-corrected chi connectivity index (χ2v) is 6.91. The third-order valence-corrected chi connectivity index (χ3v) is 5.00. The van der Waals surface area contributed by atoms with Crippen LogP contribution in [0.1, 0.15) is 32.1 Å². The highest BCUT2D eigenvalue weighted by Crippen LogP contribution is 2.29. The van der Waals surface area contributed by atoms with Gasteiger partial charge in [-0.1, -0.05) is 12.1 Å². The monoisotopic (exact) mass is 373 g/mol. The molecule has 0 bridgehead atoms. The van der Waals surface area contributed by atoms with E-state index in [-0.39, 0.29) is 24.6 Å². The Morgan fingerprint density at radius 2 is 2.04 bits per heavy atom. The summed E-state index contributed by atoms with van der Waals surface area (Å²) < 4.78 is 18.9. The number of carbonyl (C=O) groups is 3. The van der Waals surface area contributed by atoms with Crippen molar-refractivity contribution in [3.63, 3.8) is 0 Å². The van der Waals surface area contributed by atoms with Crippen LogP contribution in [0.15, 0.2) is 24.3 Å². The number of nitrogens with one attached hydrogen (secondary N) is 1. The minimum absolute atomic E-state index is 0.00233. The van der Waals surface area contributed by atoms with E-state index in [0.717, 1.165) is 12.8 Å². The van der Waals surface area contributed by atoms with E-state index in [1.807, 2.05) is 0 Å². The van der Waals surface area contributed by atoms with E-state index in [2.05, 4.69) is 11.4 Å². The zero-order chi connectivity index (χ0) is 19.4. The summed E-state index contributed by atoms with van der Waals surface area (Å²) in [4.78, 5) is 37.6. The van der Waals surface area contributed by atoms with Gasteiger partial charge in [-0.05, 0) is 37.8 Å². The van der Waals surface area contributed by atoms with Crippen molar-refractivity contribution in [2.75, 3.05) is 18.1 Å². The van der Waals surface area contributed by atoms with E-state index < -0.39 is 35.8 Å². The predicted molar refractivity (Wildman–Crippen MR) is 92.8 cm³/mol. The molecule has 1 saturated carbocycles. The van der Waals surface area contributed by atoms with Crippen LogP contribution in [-0.4, -0.2) is 36.5 Å². The summed E-state index contributed by atoms with van der Waals surface area (Å²) in [6, 6.07) is 7.96. The molecule has 3 rings (SSSR count). The third-order valence-electron chi connectivity index (χ3n) is 5.00. The lowest BCUT2D eigenvalue weighted by molar-refractivity contribution is -0.152. The normalized spacial score (nSPS) is 21.0. The van der Waals surface area contributed by atoms with Crippen molar-refractivity contribution in [3.8, 4) is 6.07 Å². The SMILES string of the molecule is N#CC1(NC(=O)COC(=O)[C@@H]2CC(=O)N(c3ccccc3F)C2)CCCC1. The molecule has 1 aromatic carbocycles. The maximum Gasteiger partial charge on any atom is 0.311 e. The Kier molecular flexibility index (Phi) is 5.40. The molecule has 1 aliphatic carbocycles. The van der Waals surface area contributed by atoms with Gasteiger partial charge >= 0.3 is 5.97 Å². The Bertz CT molecular complexity index is 798. The molecule has 1 N–H and O–H groups in total. The smallest absolute Gasteiger partial charge is 0.311 e. The number of nitriles is 1. The molecule has 0 spiro atoms. The molecule has 1 heterocycles. The van der Waals surface area contributed by atoms with Crippen molar-refractivity contribution in [3.05, 3.63) is 30.1 Å². The van der Waals surface area contributed by atoms with Gasteiger partial charge in [-0.3, -0.25) is 14.4 Å². The number of para-hydroxylation sites is 1. The Hall–Kier alpha value is -2.95. The lowest BCUT2D eigenvalue weighted by Crippen LogP contribution is -2.47. The van der Waals surface area contributed by atoms with Gasteiger partial charge in [-0.25, -0.2) is 4.39 Å². The second kappa shape index (κ2) is 7.74. The fourth-order valence-electron chi connectivity index (χ4n) is 3.57. The lowest BCUT2D eigenvalue weighted by atomic mass is 10.00. The Morgan fingerprint density at radius 1 is 1.33 bits per heavy atom. The fraction of sp³-hybridized carbons (Fsp3) is 0.474. The van der Waals surface area contributed by atoms with Crippen molar-refractivity contribution in [2.24, 2.45) is 5.92 Å². The number of carbonyl (C=O) groups excluding carboxylic acids is 3. The molecule has 1 saturated heterocycles. The molecule has 1 aromatic rings. The molecule has 27 heavy (non-hydrogen) atoms. The van der Waals surface area contributed by atoms with Crippen molar-refractivity contribution in [1.29, 1.82) is 5.26 Å². The van der Waals surface area contributed by atoms with Gasteiger partial charge in [-0.2, -0.15) is 5.26 Å². The van der Waals surface area contributed by atoms with E-state index in [0.29, 0.717) is 12.8 Å². The molecular formula is C19H20FN3O4. The highest BCUT2D eigenvalue weighted by Gasteiger charge is 2.38. The highest BCUT2D eigenvalue weighted by molar-refractivity contribution is 5.99. The van der Waals surface area contributed by atoms with E-state index in [4.69, 9.17) is 4.74 Å². The number of halogens is 1. The third kappa shape index (κ3) is 4.08. The van der Waals surface area contributed by atoms with Gasteiger partial charge in [0.2, 0.25) is 5.91 Å². The van der Waals surface area contributed by atoms with Crippen LogP contribution in [0.3, 0.4) is 0 Å². The van der Waals surface area contributed by atoms with Crippen molar-refractivity contribution < 1.29 is 23.5 Å². The Labute approximate surface area is 156 Å². The van der Waals surface area contributed by atoms with Crippen LogP contribution in [0, 0.1) is 23.1 Å². The second-order valence-electron chi connectivity index (χ2n) is 6.91. The maximum atomic E-state index is 13.9. The summed E-state index contributed by atoms with van der Waals surface area (Å²) in [6.45, 7) is -0.505. The van der Waals surface area contributed by atoms with Gasteiger partial charge in [-0.15, -0.1) is 0 Å². The van der Waals surface area contributed by atoms with Crippen molar-refractivity contribution in [1.82, 2.24) is 5.32 Å². The lowest BCUT2D eigenvalue weighted by Gasteiger charge is -2.22. The molecule has 142 valence electrons. The summed E-state index contributed by atoms with van der Waals surface area (Å²) in [7, 11) is 0. The van der Waals surface area contributed by atoms with Gasteiger partial charge in [0.1, 0.15) is 11.4 Å². The summed E-state index contributed by atoms with van der Waals surface area (Å²) in [6.07, 6.45) is 2.79. The molecule has 0 unspecified atom stereocenters. The van der Waals surface area contributed by atoms with Gasteiger partial charge in [0.15, 0.2) is 6.61 Å². The quantitative estimate of drug-likeness (QED) is 0.792. The molecule has 1 aliphatic heterocycles. The molecule has 2 aliphatic rings. The number of benzene rings is 1. The first kappa shape index (κ1) is 18.8. The molecule has 7 nitrogen and oxygen atoms in total. The van der Waals surface area contributed by atoms with Gasteiger partial charge in [0.25, 0.3) is 5.91 Å².